The second-order valence-electron chi connectivity index (χ2n) is 1.95. The van der Waals surface area contributed by atoms with Crippen molar-refractivity contribution >= 4 is 25.7 Å². The average molecular weight is 136 g/mol. The highest BCUT2D eigenvalue weighted by Gasteiger charge is 2.18. The summed E-state index contributed by atoms with van der Waals surface area (Å²) < 4.78 is 20.3. The minimum absolute atomic E-state index is 1.36. The van der Waals surface area contributed by atoms with Crippen LogP contribution in [0.15, 0.2) is 0 Å². The molecular weight excluding hydrogens is 126 g/mol. The first-order chi connectivity index (χ1) is 3.39. The van der Waals surface area contributed by atoms with E-state index in [1.807, 2.05) is 0 Å². The van der Waals surface area contributed by atoms with E-state index < -0.39 is 9.63 Å². The summed E-state index contributed by atoms with van der Waals surface area (Å²) in [6.07, 6.45) is 2.86. The molecule has 0 aromatic heterocycles. The highest BCUT2D eigenvalue weighted by Crippen LogP contribution is 2.15. The number of hydrogen-bond acceptors (Lipinski definition) is 3. The maximum absolute atomic E-state index is 11.1. The van der Waals surface area contributed by atoms with Gasteiger partial charge in [-0.1, -0.05) is 0 Å². The summed E-state index contributed by atoms with van der Waals surface area (Å²) in [4.78, 5) is 0. The van der Waals surface area contributed by atoms with Crippen molar-refractivity contribution in [3.63, 3.8) is 0 Å². The highest BCUT2D eigenvalue weighted by molar-refractivity contribution is 8.11. The topological polar surface area (TPSA) is 35.5 Å². The van der Waals surface area contributed by atoms with Gasteiger partial charge in [-0.15, -0.1) is 0 Å². The predicted octanol–water partition coefficient (Wildman–Crippen LogP) is -1.97. The van der Waals surface area contributed by atoms with Gasteiger partial charge < -0.3 is 8.20 Å². The van der Waals surface area contributed by atoms with E-state index in [2.05, 4.69) is 8.20 Å². The zero-order chi connectivity index (χ0) is 6.86. The molecule has 0 rings (SSSR count). The lowest BCUT2D eigenvalue weighted by molar-refractivity contribution is 0.454. The second kappa shape index (κ2) is 1.86. The van der Waals surface area contributed by atoms with Crippen molar-refractivity contribution in [2.24, 2.45) is 0 Å². The molecule has 0 N–H and O–H groups in total. The number of rotatable bonds is 2. The van der Waals surface area contributed by atoms with Crippen molar-refractivity contribution in [3.8, 4) is 0 Å². The average Bonchev–Trinajstić information content (AvgIpc) is 1.68. The van der Waals surface area contributed by atoms with E-state index in [1.54, 1.807) is 0 Å². The van der Waals surface area contributed by atoms with Gasteiger partial charge in [-0.25, -0.2) is 4.21 Å². The van der Waals surface area contributed by atoms with Gasteiger partial charge in [0.25, 0.3) is 16.1 Å². The Kier molecular flexibility index (Phi) is 1.91. The molecule has 0 saturated carbocycles. The molecular formula is C2H10B2O3S. The summed E-state index contributed by atoms with van der Waals surface area (Å²) in [7, 11) is -0.412. The standard InChI is InChI=1S/C2H10B2O3S/c1-8(2,5,6-3)7-4/h3-4H2,1-2H3. The minimum Gasteiger partial charge on any atom is -0.366 e. The third kappa shape index (κ3) is 2.49. The maximum Gasteiger partial charge on any atom is 0.280 e. The zero-order valence-corrected chi connectivity index (χ0v) is 6.45. The molecule has 0 bridgehead atoms. The monoisotopic (exact) mass is 136 g/mol. The smallest absolute Gasteiger partial charge is 0.280 e. The van der Waals surface area contributed by atoms with Gasteiger partial charge in [0.1, 0.15) is 0 Å². The van der Waals surface area contributed by atoms with Crippen molar-refractivity contribution in [3.05, 3.63) is 0 Å². The zero-order valence-electron chi connectivity index (χ0n) is 5.63. The number of hydrogen-bond donors (Lipinski definition) is 0. The SMILES string of the molecule is BOS(C)(C)(=O)OB. The maximum atomic E-state index is 11.1. The molecule has 8 heavy (non-hydrogen) atoms. The second-order valence-corrected chi connectivity index (χ2v) is 5.84. The van der Waals surface area contributed by atoms with Crippen LogP contribution < -0.4 is 0 Å². The first-order valence-corrected chi connectivity index (χ1v) is 4.77. The quantitative estimate of drug-likeness (QED) is 0.412. The van der Waals surface area contributed by atoms with Crippen molar-refractivity contribution in [1.29, 1.82) is 0 Å². The molecule has 6 heteroatoms. The Balaban J connectivity index is 4.25. The Morgan fingerprint density at radius 3 is 1.50 bits per heavy atom. The molecule has 0 aliphatic carbocycles. The molecule has 0 aromatic carbocycles. The van der Waals surface area contributed by atoms with E-state index in [0.717, 1.165) is 0 Å². The van der Waals surface area contributed by atoms with E-state index in [0.29, 0.717) is 0 Å². The summed E-state index contributed by atoms with van der Waals surface area (Å²) in [5.74, 6) is 0. The lowest BCUT2D eigenvalue weighted by atomic mass is 10.6. The molecule has 3 nitrogen and oxygen atoms in total. The molecule has 0 unspecified atom stereocenters. The van der Waals surface area contributed by atoms with E-state index in [1.165, 1.54) is 28.6 Å². The lowest BCUT2D eigenvalue weighted by Gasteiger charge is -2.31. The van der Waals surface area contributed by atoms with Crippen LogP contribution in [0.5, 0.6) is 0 Å². The van der Waals surface area contributed by atoms with Gasteiger partial charge in [-0.3, -0.25) is 0 Å². The first-order valence-electron chi connectivity index (χ1n) is 2.13. The highest BCUT2D eigenvalue weighted by atomic mass is 32.3. The molecule has 0 radical (unpaired) electrons. The van der Waals surface area contributed by atoms with Crippen LogP contribution in [0.4, 0.5) is 0 Å². The molecule has 0 heterocycles. The van der Waals surface area contributed by atoms with Crippen LogP contribution >= 0.6 is 0 Å². The molecule has 0 aliphatic rings. The summed E-state index contributed by atoms with van der Waals surface area (Å²) >= 11 is 0. The molecule has 0 atom stereocenters. The molecule has 0 fully saturated rings. The molecule has 0 saturated heterocycles. The van der Waals surface area contributed by atoms with Gasteiger partial charge in [-0.05, 0) is 0 Å². The normalized spacial score (nSPS) is 17.0. The molecule has 0 aromatic rings. The molecule has 0 spiro atoms. The van der Waals surface area contributed by atoms with Gasteiger partial charge in [0.05, 0.1) is 9.63 Å². The van der Waals surface area contributed by atoms with Gasteiger partial charge in [0.2, 0.25) is 0 Å². The van der Waals surface area contributed by atoms with Gasteiger partial charge in [-0.2, -0.15) is 0 Å². The Labute approximate surface area is 51.4 Å². The van der Waals surface area contributed by atoms with E-state index in [9.17, 15) is 4.21 Å². The van der Waals surface area contributed by atoms with Gasteiger partial charge >= 0.3 is 0 Å². The fraction of sp³-hybridized carbons (Fsp3) is 1.00. The summed E-state index contributed by atoms with van der Waals surface area (Å²) in [5.41, 5.74) is 0. The van der Waals surface area contributed by atoms with Crippen molar-refractivity contribution in [1.82, 2.24) is 0 Å². The van der Waals surface area contributed by atoms with Crippen LogP contribution in [-0.2, 0) is 17.8 Å². The summed E-state index contributed by atoms with van der Waals surface area (Å²) in [6.45, 7) is 0. The fourth-order valence-electron chi connectivity index (χ4n) is 0.0680. The van der Waals surface area contributed by atoms with E-state index >= 15 is 0 Å². The van der Waals surface area contributed by atoms with E-state index in [4.69, 9.17) is 0 Å². The molecule has 48 valence electrons. The van der Waals surface area contributed by atoms with Crippen LogP contribution in [0.1, 0.15) is 0 Å². The van der Waals surface area contributed by atoms with Gasteiger partial charge in [0, 0.05) is 12.5 Å². The largest absolute Gasteiger partial charge is 0.366 e. The van der Waals surface area contributed by atoms with Crippen LogP contribution in [0.2, 0.25) is 0 Å². The first kappa shape index (κ1) is 8.20. The Hall–Kier alpha value is 0.200. The Morgan fingerprint density at radius 2 is 1.50 bits per heavy atom. The summed E-state index contributed by atoms with van der Waals surface area (Å²) in [6, 6.07) is 0. The molecule has 0 amide bonds. The third-order valence-corrected chi connectivity index (χ3v) is 2.82. The van der Waals surface area contributed by atoms with Crippen LogP contribution in [0.3, 0.4) is 0 Å². The predicted molar refractivity (Wildman–Crippen MR) is 39.2 cm³/mol. The van der Waals surface area contributed by atoms with Crippen LogP contribution in [-0.4, -0.2) is 32.8 Å². The summed E-state index contributed by atoms with van der Waals surface area (Å²) in [5, 5.41) is 0. The Bertz CT molecular complexity index is 128. The van der Waals surface area contributed by atoms with Crippen molar-refractivity contribution < 1.29 is 12.4 Å². The van der Waals surface area contributed by atoms with E-state index in [-0.39, 0.29) is 0 Å². The minimum atomic E-state index is -3.13. The Morgan fingerprint density at radius 1 is 1.25 bits per heavy atom. The van der Waals surface area contributed by atoms with Crippen molar-refractivity contribution in [2.75, 3.05) is 12.5 Å². The lowest BCUT2D eigenvalue weighted by Crippen LogP contribution is -2.33. The van der Waals surface area contributed by atoms with Crippen LogP contribution in [0, 0.1) is 0 Å². The van der Waals surface area contributed by atoms with Crippen molar-refractivity contribution in [2.45, 2.75) is 0 Å². The fourth-order valence-corrected chi connectivity index (χ4v) is 0.204. The van der Waals surface area contributed by atoms with Crippen LogP contribution in [0.25, 0.3) is 0 Å². The van der Waals surface area contributed by atoms with Gasteiger partial charge in [0.15, 0.2) is 0 Å². The third-order valence-electron chi connectivity index (χ3n) is 0.939. The molecule has 0 aliphatic heterocycles.